The molecule has 3 aromatic rings. The zero-order chi connectivity index (χ0) is 13.2. The van der Waals surface area contributed by atoms with E-state index in [0.29, 0.717) is 12.4 Å². The summed E-state index contributed by atoms with van der Waals surface area (Å²) in [7, 11) is 1.91. The fourth-order valence-electron chi connectivity index (χ4n) is 1.84. The number of nitrogens with zero attached hydrogens (tertiary/aromatic N) is 2. The van der Waals surface area contributed by atoms with Crippen LogP contribution in [0.2, 0.25) is 0 Å². The van der Waals surface area contributed by atoms with Gasteiger partial charge in [0.1, 0.15) is 11.4 Å². The average molecular weight is 338 g/mol. The number of aromatic nitrogens is 2. The minimum absolute atomic E-state index is 0.656. The number of rotatable bonds is 4. The standard InChI is InChI=1S/C13H12BrN3OS/c1-15-8-11-12(16-13-17(11)6-7-19-13)18-10-4-2-9(14)3-5-10/h2-7,15H,8H2,1H3. The summed E-state index contributed by atoms with van der Waals surface area (Å²) in [6.07, 6.45) is 2.01. The third kappa shape index (κ3) is 2.51. The van der Waals surface area contributed by atoms with Crippen LogP contribution in [0.4, 0.5) is 0 Å². The summed E-state index contributed by atoms with van der Waals surface area (Å²) < 4.78 is 8.95. The predicted molar refractivity (Wildman–Crippen MR) is 80.0 cm³/mol. The summed E-state index contributed by atoms with van der Waals surface area (Å²) in [4.78, 5) is 5.46. The van der Waals surface area contributed by atoms with Gasteiger partial charge in [0.2, 0.25) is 5.88 Å². The number of nitrogens with one attached hydrogen (secondary N) is 1. The Morgan fingerprint density at radius 2 is 2.16 bits per heavy atom. The minimum Gasteiger partial charge on any atom is -0.437 e. The van der Waals surface area contributed by atoms with Crippen molar-refractivity contribution in [3.8, 4) is 11.6 Å². The van der Waals surface area contributed by atoms with Crippen molar-refractivity contribution in [3.63, 3.8) is 0 Å². The highest BCUT2D eigenvalue weighted by Gasteiger charge is 2.14. The number of benzene rings is 1. The molecule has 2 heterocycles. The van der Waals surface area contributed by atoms with Gasteiger partial charge in [0, 0.05) is 22.6 Å². The van der Waals surface area contributed by atoms with Crippen LogP contribution in [-0.2, 0) is 6.54 Å². The van der Waals surface area contributed by atoms with Crippen molar-refractivity contribution in [1.82, 2.24) is 14.7 Å². The van der Waals surface area contributed by atoms with Crippen molar-refractivity contribution < 1.29 is 4.74 Å². The van der Waals surface area contributed by atoms with Gasteiger partial charge in [-0.3, -0.25) is 4.40 Å². The summed E-state index contributed by atoms with van der Waals surface area (Å²) in [6.45, 7) is 0.712. The molecule has 0 saturated heterocycles. The van der Waals surface area contributed by atoms with Gasteiger partial charge in [-0.25, -0.2) is 0 Å². The lowest BCUT2D eigenvalue weighted by molar-refractivity contribution is 0.457. The largest absolute Gasteiger partial charge is 0.437 e. The first kappa shape index (κ1) is 12.7. The summed E-state index contributed by atoms with van der Waals surface area (Å²) in [5.41, 5.74) is 1.03. The van der Waals surface area contributed by atoms with Crippen molar-refractivity contribution in [1.29, 1.82) is 0 Å². The molecule has 0 bridgehead atoms. The highest BCUT2D eigenvalue weighted by Crippen LogP contribution is 2.28. The Balaban J connectivity index is 1.97. The first-order valence-electron chi connectivity index (χ1n) is 5.80. The smallest absolute Gasteiger partial charge is 0.243 e. The SMILES string of the molecule is CNCc1c(Oc2ccc(Br)cc2)nc2sccn12. The summed E-state index contributed by atoms with van der Waals surface area (Å²) in [6, 6.07) is 7.73. The molecule has 0 atom stereocenters. The Morgan fingerprint density at radius 1 is 1.37 bits per heavy atom. The summed E-state index contributed by atoms with van der Waals surface area (Å²) >= 11 is 5.01. The summed E-state index contributed by atoms with van der Waals surface area (Å²) in [5, 5.41) is 5.16. The number of fused-ring (bicyclic) bond motifs is 1. The van der Waals surface area contributed by atoms with Crippen LogP contribution in [-0.4, -0.2) is 16.4 Å². The number of hydrogen-bond donors (Lipinski definition) is 1. The highest BCUT2D eigenvalue weighted by molar-refractivity contribution is 9.10. The average Bonchev–Trinajstić information content (AvgIpc) is 2.96. The van der Waals surface area contributed by atoms with E-state index in [4.69, 9.17) is 4.74 Å². The maximum absolute atomic E-state index is 5.87. The van der Waals surface area contributed by atoms with E-state index in [1.165, 1.54) is 0 Å². The normalized spacial score (nSPS) is 11.1. The first-order valence-corrected chi connectivity index (χ1v) is 7.47. The van der Waals surface area contributed by atoms with E-state index in [2.05, 4.69) is 30.6 Å². The highest BCUT2D eigenvalue weighted by atomic mass is 79.9. The zero-order valence-corrected chi connectivity index (χ0v) is 12.7. The molecular formula is C13H12BrN3OS. The number of hydrogen-bond acceptors (Lipinski definition) is 4. The van der Waals surface area contributed by atoms with Gasteiger partial charge in [0.15, 0.2) is 4.96 Å². The van der Waals surface area contributed by atoms with E-state index >= 15 is 0 Å². The van der Waals surface area contributed by atoms with Gasteiger partial charge in [-0.2, -0.15) is 4.98 Å². The van der Waals surface area contributed by atoms with Gasteiger partial charge in [0.05, 0.1) is 0 Å². The molecule has 19 heavy (non-hydrogen) atoms. The Hall–Kier alpha value is -1.37. The van der Waals surface area contributed by atoms with E-state index in [0.717, 1.165) is 20.9 Å². The van der Waals surface area contributed by atoms with Crippen LogP contribution in [0.25, 0.3) is 4.96 Å². The van der Waals surface area contributed by atoms with E-state index in [1.54, 1.807) is 11.3 Å². The molecule has 0 amide bonds. The molecule has 3 rings (SSSR count). The van der Waals surface area contributed by atoms with Gasteiger partial charge < -0.3 is 10.1 Å². The van der Waals surface area contributed by atoms with E-state index < -0.39 is 0 Å². The molecule has 0 unspecified atom stereocenters. The third-order valence-electron chi connectivity index (χ3n) is 2.70. The quantitative estimate of drug-likeness (QED) is 0.789. The van der Waals surface area contributed by atoms with Crippen LogP contribution in [0.5, 0.6) is 11.6 Å². The Bertz CT molecular complexity index is 690. The first-order chi connectivity index (χ1) is 9.28. The third-order valence-corrected chi connectivity index (χ3v) is 3.98. The number of halogens is 1. The monoisotopic (exact) mass is 337 g/mol. The molecule has 2 aromatic heterocycles. The van der Waals surface area contributed by atoms with Gasteiger partial charge >= 0.3 is 0 Å². The number of ether oxygens (including phenoxy) is 1. The topological polar surface area (TPSA) is 38.6 Å². The molecule has 6 heteroatoms. The molecule has 0 radical (unpaired) electrons. The Morgan fingerprint density at radius 3 is 2.89 bits per heavy atom. The molecule has 0 aliphatic carbocycles. The Labute approximate surface area is 123 Å². The fraction of sp³-hybridized carbons (Fsp3) is 0.154. The molecule has 98 valence electrons. The zero-order valence-electron chi connectivity index (χ0n) is 10.3. The van der Waals surface area contributed by atoms with Crippen LogP contribution in [0.1, 0.15) is 5.69 Å². The molecule has 0 aliphatic rings. The van der Waals surface area contributed by atoms with Gasteiger partial charge in [-0.1, -0.05) is 15.9 Å². The van der Waals surface area contributed by atoms with Crippen molar-refractivity contribution in [2.24, 2.45) is 0 Å². The van der Waals surface area contributed by atoms with Gasteiger partial charge in [0.25, 0.3) is 0 Å². The van der Waals surface area contributed by atoms with E-state index in [1.807, 2.05) is 42.9 Å². The molecule has 4 nitrogen and oxygen atoms in total. The summed E-state index contributed by atoms with van der Waals surface area (Å²) in [5.74, 6) is 1.44. The predicted octanol–water partition coefficient (Wildman–Crippen LogP) is 3.67. The minimum atomic E-state index is 0.656. The molecule has 0 spiro atoms. The van der Waals surface area contributed by atoms with E-state index in [-0.39, 0.29) is 0 Å². The van der Waals surface area contributed by atoms with Crippen LogP contribution >= 0.6 is 27.3 Å². The van der Waals surface area contributed by atoms with Crippen LogP contribution < -0.4 is 10.1 Å². The molecule has 0 fully saturated rings. The second-order valence-corrected chi connectivity index (χ2v) is 5.79. The maximum Gasteiger partial charge on any atom is 0.243 e. The lowest BCUT2D eigenvalue weighted by atomic mass is 10.3. The second-order valence-electron chi connectivity index (χ2n) is 4.01. The van der Waals surface area contributed by atoms with Crippen LogP contribution in [0, 0.1) is 0 Å². The van der Waals surface area contributed by atoms with E-state index in [9.17, 15) is 0 Å². The number of thiazole rings is 1. The lowest BCUT2D eigenvalue weighted by Gasteiger charge is -2.05. The second kappa shape index (κ2) is 5.32. The van der Waals surface area contributed by atoms with Crippen LogP contribution in [0.15, 0.2) is 40.3 Å². The Kier molecular flexibility index (Phi) is 3.54. The molecule has 0 saturated carbocycles. The number of imidazole rings is 1. The molecule has 1 aromatic carbocycles. The fourth-order valence-corrected chi connectivity index (χ4v) is 2.83. The van der Waals surface area contributed by atoms with Crippen LogP contribution in [0.3, 0.4) is 0 Å². The lowest BCUT2D eigenvalue weighted by Crippen LogP contribution is -2.08. The van der Waals surface area contributed by atoms with Crippen molar-refractivity contribution in [2.45, 2.75) is 6.54 Å². The molecular weight excluding hydrogens is 326 g/mol. The van der Waals surface area contributed by atoms with Crippen molar-refractivity contribution >= 4 is 32.2 Å². The van der Waals surface area contributed by atoms with Crippen molar-refractivity contribution in [3.05, 3.63) is 46.0 Å². The maximum atomic E-state index is 5.87. The van der Waals surface area contributed by atoms with Gasteiger partial charge in [-0.05, 0) is 31.3 Å². The van der Waals surface area contributed by atoms with Crippen molar-refractivity contribution in [2.75, 3.05) is 7.05 Å². The molecule has 1 N–H and O–H groups in total. The molecule has 0 aliphatic heterocycles. The van der Waals surface area contributed by atoms with Gasteiger partial charge in [-0.15, -0.1) is 11.3 Å².